The van der Waals surface area contributed by atoms with Crippen molar-refractivity contribution < 1.29 is 80.2 Å². The molecule has 0 aromatic heterocycles. The van der Waals surface area contributed by atoms with E-state index < -0.39 is 97.5 Å². The van der Waals surface area contributed by atoms with Crippen LogP contribution in [0.2, 0.25) is 0 Å². The van der Waals surface area contributed by atoms with E-state index in [1.54, 1.807) is 0 Å². The minimum Gasteiger partial charge on any atom is -0.462 e. The summed E-state index contributed by atoms with van der Waals surface area (Å²) < 4.78 is 68.1. The second-order valence-electron chi connectivity index (χ2n) is 26.7. The Morgan fingerprint density at radius 2 is 0.430 bits per heavy atom. The van der Waals surface area contributed by atoms with E-state index in [9.17, 15) is 43.2 Å². The third-order valence-electron chi connectivity index (χ3n) is 17.4. The first kappa shape index (κ1) is 91.1. The lowest BCUT2D eigenvalue weighted by atomic mass is 10.0. The van der Waals surface area contributed by atoms with E-state index in [4.69, 9.17) is 37.0 Å². The van der Waals surface area contributed by atoms with Crippen molar-refractivity contribution in [1.29, 1.82) is 0 Å². The van der Waals surface area contributed by atoms with E-state index >= 15 is 0 Å². The van der Waals surface area contributed by atoms with Gasteiger partial charge in [-0.05, 0) is 25.7 Å². The molecule has 0 rings (SSSR count). The van der Waals surface area contributed by atoms with Crippen LogP contribution >= 0.6 is 15.6 Å². The lowest BCUT2D eigenvalue weighted by Gasteiger charge is -2.21. The van der Waals surface area contributed by atoms with Crippen molar-refractivity contribution in [2.45, 2.75) is 412 Å². The Morgan fingerprint density at radius 3 is 0.634 bits per heavy atom. The highest BCUT2D eigenvalue weighted by Gasteiger charge is 2.30. The second kappa shape index (κ2) is 68.6. The first-order valence-corrected chi connectivity index (χ1v) is 41.8. The summed E-state index contributed by atoms with van der Waals surface area (Å²) in [4.78, 5) is 72.3. The smallest absolute Gasteiger partial charge is 0.462 e. The molecule has 0 aliphatic carbocycles. The zero-order valence-electron chi connectivity index (χ0n) is 60.2. The number of carbonyl (C=O) groups is 4. The molecule has 0 amide bonds. The van der Waals surface area contributed by atoms with Gasteiger partial charge >= 0.3 is 39.5 Å². The molecule has 0 saturated carbocycles. The number of aliphatic hydroxyl groups is 1. The molecule has 0 bridgehead atoms. The average Bonchev–Trinajstić information content (AvgIpc) is 1.86. The average molecular weight is 1370 g/mol. The first-order valence-electron chi connectivity index (χ1n) is 38.8. The zero-order valence-corrected chi connectivity index (χ0v) is 62.0. The van der Waals surface area contributed by atoms with Gasteiger partial charge in [0, 0.05) is 25.7 Å². The van der Waals surface area contributed by atoms with Gasteiger partial charge in [0.15, 0.2) is 12.2 Å². The highest BCUT2D eigenvalue weighted by molar-refractivity contribution is 7.47. The number of hydrogen-bond donors (Lipinski definition) is 3. The van der Waals surface area contributed by atoms with Gasteiger partial charge in [-0.1, -0.05) is 342 Å². The largest absolute Gasteiger partial charge is 0.472 e. The van der Waals surface area contributed by atoms with Crippen LogP contribution in [0.15, 0.2) is 0 Å². The van der Waals surface area contributed by atoms with Crippen LogP contribution in [0.3, 0.4) is 0 Å². The minimum absolute atomic E-state index is 0.105. The summed E-state index contributed by atoms with van der Waals surface area (Å²) in [5.41, 5.74) is 0. The van der Waals surface area contributed by atoms with E-state index in [0.29, 0.717) is 25.7 Å². The van der Waals surface area contributed by atoms with Crippen LogP contribution in [0, 0.1) is 0 Å². The number of ether oxygens (including phenoxy) is 4. The SMILES string of the molecule is CCCCCCCCCCCCCCCCCCCCCCCC(=O)O[C@H](COC(=O)CCCCCCCCCCCCCCCCCCCCC)COP(=O)(O)OC[C@@H](O)COP(=O)(O)OC[C@@H](COC(=O)CCCCCCC)OC(=O)CCCCCCCCCC. The maximum atomic E-state index is 13.1. The fourth-order valence-electron chi connectivity index (χ4n) is 11.4. The Morgan fingerprint density at radius 1 is 0.258 bits per heavy atom. The molecule has 2 unspecified atom stereocenters. The Bertz CT molecular complexity index is 1770. The van der Waals surface area contributed by atoms with Crippen molar-refractivity contribution in [3.63, 3.8) is 0 Å². The number of phosphoric ester groups is 2. The third-order valence-corrected chi connectivity index (χ3v) is 19.3. The van der Waals surface area contributed by atoms with Gasteiger partial charge in [0.05, 0.1) is 26.4 Å². The van der Waals surface area contributed by atoms with Crippen LogP contribution in [0.5, 0.6) is 0 Å². The maximum Gasteiger partial charge on any atom is 0.472 e. The standard InChI is InChI=1S/C74H144O17P2/c1-5-9-13-17-20-23-25-27-29-31-33-34-36-38-40-42-44-46-49-53-57-61-74(79)91-70(65-85-72(77)59-55-51-48-45-43-41-39-37-35-32-30-28-26-24-21-18-14-10-6-2)67-89-93(82,83)87-63-68(75)62-86-92(80,81)88-66-69(64-84-71(76)58-54-50-16-12-8-4)90-73(78)60-56-52-47-22-19-15-11-7-3/h68-70,75H,5-67H2,1-4H3,(H,80,81)(H,82,83)/t68-,69+,70+/m0/s1. The minimum atomic E-state index is -4.95. The number of hydrogen-bond acceptors (Lipinski definition) is 15. The van der Waals surface area contributed by atoms with Crippen molar-refractivity contribution in [2.75, 3.05) is 39.6 Å². The molecule has 19 heteroatoms. The molecule has 0 radical (unpaired) electrons. The monoisotopic (exact) mass is 1370 g/mol. The van der Waals surface area contributed by atoms with Crippen molar-refractivity contribution >= 4 is 39.5 Å². The summed E-state index contributed by atoms with van der Waals surface area (Å²) >= 11 is 0. The van der Waals surface area contributed by atoms with Crippen LogP contribution in [0.1, 0.15) is 394 Å². The highest BCUT2D eigenvalue weighted by Crippen LogP contribution is 2.45. The molecule has 0 aliphatic rings. The van der Waals surface area contributed by atoms with Crippen LogP contribution in [0.4, 0.5) is 0 Å². The molecule has 0 heterocycles. The van der Waals surface area contributed by atoms with E-state index in [0.717, 1.165) is 103 Å². The summed E-state index contributed by atoms with van der Waals surface area (Å²) in [5, 5.41) is 10.6. The molecule has 0 aromatic rings. The Balaban J connectivity index is 5.07. The highest BCUT2D eigenvalue weighted by atomic mass is 31.2. The van der Waals surface area contributed by atoms with Gasteiger partial charge in [0.25, 0.3) is 0 Å². The number of unbranched alkanes of at least 4 members (excludes halogenated alkanes) is 49. The van der Waals surface area contributed by atoms with Gasteiger partial charge in [0.2, 0.25) is 0 Å². The number of carbonyl (C=O) groups excluding carboxylic acids is 4. The summed E-state index contributed by atoms with van der Waals surface area (Å²) in [5.74, 6) is -2.13. The van der Waals surface area contributed by atoms with Gasteiger partial charge in [-0.15, -0.1) is 0 Å². The molecular weight excluding hydrogens is 1220 g/mol. The van der Waals surface area contributed by atoms with Crippen molar-refractivity contribution in [1.82, 2.24) is 0 Å². The van der Waals surface area contributed by atoms with Crippen molar-refractivity contribution in [3.05, 3.63) is 0 Å². The predicted molar refractivity (Wildman–Crippen MR) is 377 cm³/mol. The normalized spacial score (nSPS) is 13.9. The van der Waals surface area contributed by atoms with Crippen LogP contribution < -0.4 is 0 Å². The topological polar surface area (TPSA) is 237 Å². The Labute approximate surface area is 568 Å². The van der Waals surface area contributed by atoms with Crippen molar-refractivity contribution in [3.8, 4) is 0 Å². The van der Waals surface area contributed by atoms with E-state index in [1.807, 2.05) is 0 Å². The quantitative estimate of drug-likeness (QED) is 0.0222. The number of esters is 4. The lowest BCUT2D eigenvalue weighted by molar-refractivity contribution is -0.161. The van der Waals surface area contributed by atoms with Gasteiger partial charge in [-0.2, -0.15) is 0 Å². The Hall–Kier alpha value is -1.94. The van der Waals surface area contributed by atoms with Crippen LogP contribution in [-0.4, -0.2) is 96.7 Å². The van der Waals surface area contributed by atoms with Crippen LogP contribution in [0.25, 0.3) is 0 Å². The molecule has 3 N–H and O–H groups in total. The molecule has 5 atom stereocenters. The number of rotatable bonds is 75. The van der Waals surface area contributed by atoms with E-state index in [-0.39, 0.29) is 25.7 Å². The third kappa shape index (κ3) is 68.4. The summed E-state index contributed by atoms with van der Waals surface area (Å²) in [7, 11) is -9.89. The lowest BCUT2D eigenvalue weighted by Crippen LogP contribution is -2.30. The summed E-state index contributed by atoms with van der Waals surface area (Å²) in [6.45, 7) is 4.84. The number of phosphoric acid groups is 2. The van der Waals surface area contributed by atoms with E-state index in [1.165, 1.54) is 212 Å². The molecular formula is C74H144O17P2. The zero-order chi connectivity index (χ0) is 68.2. The maximum absolute atomic E-state index is 13.1. The molecule has 0 aliphatic heterocycles. The van der Waals surface area contributed by atoms with Gasteiger partial charge in [-0.25, -0.2) is 9.13 Å². The fraction of sp³-hybridized carbons (Fsp3) is 0.946. The molecule has 0 fully saturated rings. The van der Waals surface area contributed by atoms with Gasteiger partial charge in [0.1, 0.15) is 19.3 Å². The van der Waals surface area contributed by atoms with Gasteiger partial charge in [-0.3, -0.25) is 37.3 Å². The molecule has 0 spiro atoms. The summed E-state index contributed by atoms with van der Waals surface area (Å²) in [6.07, 6.45) is 59.0. The van der Waals surface area contributed by atoms with Crippen molar-refractivity contribution in [2.24, 2.45) is 0 Å². The molecule has 552 valence electrons. The molecule has 0 aromatic carbocycles. The molecule has 0 saturated heterocycles. The fourth-order valence-corrected chi connectivity index (χ4v) is 13.0. The first-order chi connectivity index (χ1) is 45.2. The van der Waals surface area contributed by atoms with E-state index in [2.05, 4.69) is 27.7 Å². The Kier molecular flexibility index (Phi) is 67.1. The molecule has 93 heavy (non-hydrogen) atoms. The number of aliphatic hydroxyl groups excluding tert-OH is 1. The van der Waals surface area contributed by atoms with Gasteiger partial charge < -0.3 is 33.8 Å². The predicted octanol–water partition coefficient (Wildman–Crippen LogP) is 21.8. The summed E-state index contributed by atoms with van der Waals surface area (Å²) in [6, 6.07) is 0. The van der Waals surface area contributed by atoms with Crippen LogP contribution in [-0.2, 0) is 65.4 Å². The molecule has 17 nitrogen and oxygen atoms in total. The second-order valence-corrected chi connectivity index (χ2v) is 29.6.